The van der Waals surface area contributed by atoms with E-state index in [2.05, 4.69) is 4.98 Å². The van der Waals surface area contributed by atoms with Crippen molar-refractivity contribution in [3.8, 4) is 0 Å². The predicted molar refractivity (Wildman–Crippen MR) is 41.2 cm³/mol. The highest BCUT2D eigenvalue weighted by atomic mass is 14.7. The third-order valence-corrected chi connectivity index (χ3v) is 1.26. The molecule has 1 heterocycles. The van der Waals surface area contributed by atoms with Gasteiger partial charge in [0, 0.05) is 17.5 Å². The molecule has 1 rings (SSSR count). The lowest BCUT2D eigenvalue weighted by Crippen LogP contribution is -1.99. The molecule has 10 heavy (non-hydrogen) atoms. The highest BCUT2D eigenvalue weighted by Crippen LogP contribution is 2.07. The molecular formula is C7H9N3. The van der Waals surface area contributed by atoms with Crippen LogP contribution in [0, 0.1) is 5.41 Å². The summed E-state index contributed by atoms with van der Waals surface area (Å²) in [6.07, 6.45) is 3.18. The molecule has 1 aromatic heterocycles. The third kappa shape index (κ3) is 1.13. The second-order valence-corrected chi connectivity index (χ2v) is 2.09. The molecule has 52 valence electrons. The molecule has 0 saturated heterocycles. The molecule has 0 aliphatic rings. The van der Waals surface area contributed by atoms with Crippen LogP contribution in [0.15, 0.2) is 18.5 Å². The maximum absolute atomic E-state index is 7.27. The quantitative estimate of drug-likeness (QED) is 0.565. The van der Waals surface area contributed by atoms with Crippen molar-refractivity contribution in [2.45, 2.75) is 6.92 Å². The van der Waals surface area contributed by atoms with Crippen molar-refractivity contribution < 1.29 is 0 Å². The SMILES string of the molecule is CC(=N)c1ccncc1N. The third-order valence-electron chi connectivity index (χ3n) is 1.26. The van der Waals surface area contributed by atoms with Gasteiger partial charge in [0.1, 0.15) is 0 Å². The van der Waals surface area contributed by atoms with Crippen LogP contribution in [0.1, 0.15) is 12.5 Å². The maximum Gasteiger partial charge on any atom is 0.0592 e. The van der Waals surface area contributed by atoms with Crippen molar-refractivity contribution in [3.05, 3.63) is 24.0 Å². The first-order chi connectivity index (χ1) is 4.72. The normalized spacial score (nSPS) is 9.30. The Labute approximate surface area is 59.4 Å². The Morgan fingerprint density at radius 1 is 1.70 bits per heavy atom. The van der Waals surface area contributed by atoms with E-state index in [1.165, 1.54) is 0 Å². The maximum atomic E-state index is 7.27. The van der Waals surface area contributed by atoms with Gasteiger partial charge in [-0.05, 0) is 13.0 Å². The molecule has 3 heteroatoms. The molecule has 0 unspecified atom stereocenters. The van der Waals surface area contributed by atoms with Gasteiger partial charge in [0.15, 0.2) is 0 Å². The molecule has 0 aliphatic heterocycles. The zero-order chi connectivity index (χ0) is 7.56. The van der Waals surface area contributed by atoms with Gasteiger partial charge in [0.2, 0.25) is 0 Å². The zero-order valence-corrected chi connectivity index (χ0v) is 5.76. The highest BCUT2D eigenvalue weighted by molar-refractivity contribution is 6.00. The number of hydrogen-bond donors (Lipinski definition) is 2. The van der Waals surface area contributed by atoms with E-state index in [1.54, 1.807) is 25.4 Å². The first-order valence-electron chi connectivity index (χ1n) is 2.97. The van der Waals surface area contributed by atoms with Gasteiger partial charge >= 0.3 is 0 Å². The largest absolute Gasteiger partial charge is 0.397 e. The molecular weight excluding hydrogens is 126 g/mol. The monoisotopic (exact) mass is 135 g/mol. The molecule has 0 fully saturated rings. The smallest absolute Gasteiger partial charge is 0.0592 e. The Morgan fingerprint density at radius 3 is 2.80 bits per heavy atom. The first-order valence-corrected chi connectivity index (χ1v) is 2.97. The van der Waals surface area contributed by atoms with Crippen LogP contribution in [-0.2, 0) is 0 Å². The van der Waals surface area contributed by atoms with Gasteiger partial charge in [-0.3, -0.25) is 4.98 Å². The zero-order valence-electron chi connectivity index (χ0n) is 5.76. The van der Waals surface area contributed by atoms with E-state index in [0.29, 0.717) is 11.4 Å². The van der Waals surface area contributed by atoms with Crippen molar-refractivity contribution in [1.29, 1.82) is 5.41 Å². The molecule has 0 amide bonds. The molecule has 1 aromatic rings. The van der Waals surface area contributed by atoms with Crippen molar-refractivity contribution in [2.75, 3.05) is 5.73 Å². The summed E-state index contributed by atoms with van der Waals surface area (Å²) in [4.78, 5) is 3.81. The Hall–Kier alpha value is -1.38. The summed E-state index contributed by atoms with van der Waals surface area (Å²) in [5.74, 6) is 0. The fourth-order valence-corrected chi connectivity index (χ4v) is 0.748. The topological polar surface area (TPSA) is 62.8 Å². The predicted octanol–water partition coefficient (Wildman–Crippen LogP) is 1.05. The Morgan fingerprint density at radius 2 is 2.40 bits per heavy atom. The van der Waals surface area contributed by atoms with E-state index < -0.39 is 0 Å². The lowest BCUT2D eigenvalue weighted by atomic mass is 10.1. The van der Waals surface area contributed by atoms with E-state index >= 15 is 0 Å². The minimum atomic E-state index is 0.472. The summed E-state index contributed by atoms with van der Waals surface area (Å²) < 4.78 is 0. The van der Waals surface area contributed by atoms with Gasteiger partial charge in [-0.2, -0.15) is 0 Å². The van der Waals surface area contributed by atoms with Crippen LogP contribution in [0.5, 0.6) is 0 Å². The summed E-state index contributed by atoms with van der Waals surface area (Å²) in [7, 11) is 0. The van der Waals surface area contributed by atoms with Gasteiger partial charge in [-0.15, -0.1) is 0 Å². The van der Waals surface area contributed by atoms with E-state index in [0.717, 1.165) is 5.56 Å². The number of nitrogen functional groups attached to an aromatic ring is 1. The van der Waals surface area contributed by atoms with Gasteiger partial charge in [0.25, 0.3) is 0 Å². The minimum absolute atomic E-state index is 0.472. The Balaban J connectivity index is 3.15. The average Bonchev–Trinajstić information content (AvgIpc) is 1.88. The molecule has 0 atom stereocenters. The van der Waals surface area contributed by atoms with Gasteiger partial charge in [-0.1, -0.05) is 0 Å². The fraction of sp³-hybridized carbons (Fsp3) is 0.143. The van der Waals surface area contributed by atoms with Gasteiger partial charge < -0.3 is 11.1 Å². The number of rotatable bonds is 1. The number of nitrogens with zero attached hydrogens (tertiary/aromatic N) is 1. The number of nitrogens with one attached hydrogen (secondary N) is 1. The number of hydrogen-bond acceptors (Lipinski definition) is 3. The van der Waals surface area contributed by atoms with Crippen molar-refractivity contribution in [3.63, 3.8) is 0 Å². The highest BCUT2D eigenvalue weighted by Gasteiger charge is 1.97. The van der Waals surface area contributed by atoms with E-state index in [4.69, 9.17) is 11.1 Å². The van der Waals surface area contributed by atoms with Crippen molar-refractivity contribution in [2.24, 2.45) is 0 Å². The molecule has 0 radical (unpaired) electrons. The second kappa shape index (κ2) is 2.47. The van der Waals surface area contributed by atoms with Crippen LogP contribution in [-0.4, -0.2) is 10.7 Å². The van der Waals surface area contributed by atoms with Crippen molar-refractivity contribution in [1.82, 2.24) is 4.98 Å². The Kier molecular flexibility index (Phi) is 1.67. The van der Waals surface area contributed by atoms with Crippen LogP contribution < -0.4 is 5.73 Å². The minimum Gasteiger partial charge on any atom is -0.397 e. The summed E-state index contributed by atoms with van der Waals surface area (Å²) in [5.41, 5.74) is 7.31. The standard InChI is InChI=1S/C7H9N3/c1-5(8)6-2-3-10-4-7(6)9/h2-4,8H,9H2,1H3. The van der Waals surface area contributed by atoms with Gasteiger partial charge in [0.05, 0.1) is 11.9 Å². The van der Waals surface area contributed by atoms with E-state index in [1.807, 2.05) is 0 Å². The molecule has 0 bridgehead atoms. The second-order valence-electron chi connectivity index (χ2n) is 2.09. The number of nitrogens with two attached hydrogens (primary N) is 1. The first kappa shape index (κ1) is 6.74. The number of aromatic nitrogens is 1. The fourth-order valence-electron chi connectivity index (χ4n) is 0.748. The molecule has 0 aliphatic carbocycles. The van der Waals surface area contributed by atoms with Crippen LogP contribution in [0.4, 0.5) is 5.69 Å². The number of anilines is 1. The molecule has 0 saturated carbocycles. The average molecular weight is 135 g/mol. The summed E-state index contributed by atoms with van der Waals surface area (Å²) in [5, 5.41) is 7.27. The van der Waals surface area contributed by atoms with E-state index in [9.17, 15) is 0 Å². The van der Waals surface area contributed by atoms with Crippen LogP contribution in [0.3, 0.4) is 0 Å². The summed E-state index contributed by atoms with van der Waals surface area (Å²) in [6, 6.07) is 1.73. The molecule has 3 N–H and O–H groups in total. The van der Waals surface area contributed by atoms with Crippen molar-refractivity contribution >= 4 is 11.4 Å². The van der Waals surface area contributed by atoms with Crippen LogP contribution in [0.25, 0.3) is 0 Å². The van der Waals surface area contributed by atoms with Crippen LogP contribution >= 0.6 is 0 Å². The van der Waals surface area contributed by atoms with E-state index in [-0.39, 0.29) is 0 Å². The molecule has 3 nitrogen and oxygen atoms in total. The molecule has 0 spiro atoms. The summed E-state index contributed by atoms with van der Waals surface area (Å²) >= 11 is 0. The van der Waals surface area contributed by atoms with Crippen LogP contribution in [0.2, 0.25) is 0 Å². The van der Waals surface area contributed by atoms with Gasteiger partial charge in [-0.25, -0.2) is 0 Å². The Bertz CT molecular complexity index is 255. The lowest BCUT2D eigenvalue weighted by molar-refractivity contribution is 1.31. The number of pyridine rings is 1. The summed E-state index contributed by atoms with van der Waals surface area (Å²) in [6.45, 7) is 1.70. The molecule has 0 aromatic carbocycles. The lowest BCUT2D eigenvalue weighted by Gasteiger charge is -1.99.